The van der Waals surface area contributed by atoms with E-state index in [0.717, 1.165) is 51.6 Å². The maximum Gasteiger partial charge on any atom is 0.227 e. The van der Waals surface area contributed by atoms with Crippen molar-refractivity contribution in [3.05, 3.63) is 59.8 Å². The van der Waals surface area contributed by atoms with Gasteiger partial charge in [0.1, 0.15) is 0 Å². The lowest BCUT2D eigenvalue weighted by atomic mass is 9.83. The van der Waals surface area contributed by atoms with E-state index in [1.807, 2.05) is 0 Å². The molecule has 4 heteroatoms. The monoisotopic (exact) mass is 489 g/mol. The minimum absolute atomic E-state index is 0.0216. The Kier molecular flexibility index (Phi) is 8.64. The molecule has 1 amide bonds. The summed E-state index contributed by atoms with van der Waals surface area (Å²) in [6.45, 7) is 9.59. The Morgan fingerprint density at radius 1 is 1.14 bits per heavy atom. The van der Waals surface area contributed by atoms with E-state index >= 15 is 0 Å². The molecule has 4 unspecified atom stereocenters. The molecular weight excluding hydrogens is 442 g/mol. The van der Waals surface area contributed by atoms with Gasteiger partial charge in [0.2, 0.25) is 5.91 Å². The van der Waals surface area contributed by atoms with Crippen LogP contribution >= 0.6 is 0 Å². The number of likely N-dealkylation sites (tertiary alicyclic amines) is 1. The zero-order valence-electron chi connectivity index (χ0n) is 22.5. The molecule has 0 aromatic rings. The Bertz CT molecular complexity index is 922. The predicted molar refractivity (Wildman–Crippen MR) is 150 cm³/mol. The van der Waals surface area contributed by atoms with Gasteiger partial charge in [-0.3, -0.25) is 14.6 Å². The van der Waals surface area contributed by atoms with Crippen molar-refractivity contribution < 1.29 is 4.79 Å². The van der Waals surface area contributed by atoms with Crippen molar-refractivity contribution in [1.82, 2.24) is 15.1 Å². The van der Waals surface area contributed by atoms with Crippen molar-refractivity contribution in [2.75, 3.05) is 19.6 Å². The van der Waals surface area contributed by atoms with Crippen molar-refractivity contribution >= 4 is 5.91 Å². The normalized spacial score (nSPS) is 30.7. The summed E-state index contributed by atoms with van der Waals surface area (Å²) in [5, 5.41) is 3.36. The number of carbonyl (C=O) groups excluding carboxylic acids is 1. The van der Waals surface area contributed by atoms with Crippen LogP contribution in [0.2, 0.25) is 0 Å². The summed E-state index contributed by atoms with van der Waals surface area (Å²) in [7, 11) is 0. The van der Waals surface area contributed by atoms with Gasteiger partial charge >= 0.3 is 0 Å². The maximum absolute atomic E-state index is 13.1. The van der Waals surface area contributed by atoms with Crippen LogP contribution in [-0.2, 0) is 4.79 Å². The SMILES string of the molecule is C=CCN1CCC2CCC(C1)N2C(C1=CCC(C(=O)NC2CCCCC2)C=C1)C1=CC(CC)=CCC1. The minimum Gasteiger partial charge on any atom is -0.353 e. The second kappa shape index (κ2) is 12.1. The van der Waals surface area contributed by atoms with Crippen molar-refractivity contribution in [1.29, 1.82) is 0 Å². The van der Waals surface area contributed by atoms with E-state index in [-0.39, 0.29) is 11.8 Å². The molecule has 4 atom stereocenters. The molecule has 0 radical (unpaired) electrons. The van der Waals surface area contributed by atoms with Gasteiger partial charge in [-0.1, -0.05) is 68.2 Å². The highest BCUT2D eigenvalue weighted by Gasteiger charge is 2.43. The van der Waals surface area contributed by atoms with Crippen LogP contribution < -0.4 is 5.32 Å². The van der Waals surface area contributed by atoms with Gasteiger partial charge in [-0.15, -0.1) is 6.58 Å². The van der Waals surface area contributed by atoms with Crippen LogP contribution in [-0.4, -0.2) is 59.5 Å². The lowest BCUT2D eigenvalue weighted by Gasteiger charge is -2.40. The number of amides is 1. The van der Waals surface area contributed by atoms with Crippen LogP contribution in [0, 0.1) is 5.92 Å². The molecule has 0 aromatic carbocycles. The fourth-order valence-electron chi connectivity index (χ4n) is 7.37. The Hall–Kier alpha value is -1.91. The zero-order chi connectivity index (χ0) is 24.9. The Balaban J connectivity index is 1.36. The number of nitrogens with zero attached hydrogens (tertiary/aromatic N) is 2. The first-order chi connectivity index (χ1) is 17.7. The van der Waals surface area contributed by atoms with Gasteiger partial charge in [-0.2, -0.15) is 0 Å². The fraction of sp³-hybridized carbons (Fsp3) is 0.656. The molecule has 2 saturated heterocycles. The topological polar surface area (TPSA) is 35.6 Å². The number of fused-ring (bicyclic) bond motifs is 2. The Labute approximate surface area is 219 Å². The van der Waals surface area contributed by atoms with Gasteiger partial charge in [0.05, 0.1) is 12.0 Å². The largest absolute Gasteiger partial charge is 0.353 e. The summed E-state index contributed by atoms with van der Waals surface area (Å²) >= 11 is 0. The third kappa shape index (κ3) is 5.81. The van der Waals surface area contributed by atoms with E-state index in [9.17, 15) is 4.79 Å². The Morgan fingerprint density at radius 3 is 2.72 bits per heavy atom. The van der Waals surface area contributed by atoms with Gasteiger partial charge in [0, 0.05) is 37.8 Å². The number of carbonyl (C=O) groups is 1. The number of hydrogen-bond donors (Lipinski definition) is 1. The van der Waals surface area contributed by atoms with Gasteiger partial charge in [0.25, 0.3) is 0 Å². The summed E-state index contributed by atoms with van der Waals surface area (Å²) in [5.41, 5.74) is 4.50. The molecule has 3 aliphatic carbocycles. The van der Waals surface area contributed by atoms with Crippen molar-refractivity contribution in [2.45, 2.75) is 108 Å². The molecule has 36 heavy (non-hydrogen) atoms. The Morgan fingerprint density at radius 2 is 1.97 bits per heavy atom. The highest BCUT2D eigenvalue weighted by Crippen LogP contribution is 2.40. The second-order valence-electron chi connectivity index (χ2n) is 11.7. The molecule has 1 N–H and O–H groups in total. The highest BCUT2D eigenvalue weighted by molar-refractivity contribution is 5.81. The molecular formula is C32H47N3O. The third-order valence-corrected chi connectivity index (χ3v) is 9.31. The summed E-state index contributed by atoms with van der Waals surface area (Å²) in [6.07, 6.45) is 28.1. The van der Waals surface area contributed by atoms with Crippen molar-refractivity contribution in [3.63, 3.8) is 0 Å². The summed E-state index contributed by atoms with van der Waals surface area (Å²) in [6, 6.07) is 1.98. The molecule has 2 bridgehead atoms. The molecule has 196 valence electrons. The summed E-state index contributed by atoms with van der Waals surface area (Å²) in [4.78, 5) is 18.5. The minimum atomic E-state index is -0.0216. The van der Waals surface area contributed by atoms with E-state index in [4.69, 9.17) is 0 Å². The van der Waals surface area contributed by atoms with E-state index in [0.29, 0.717) is 24.2 Å². The van der Waals surface area contributed by atoms with Crippen LogP contribution in [0.1, 0.15) is 84.0 Å². The second-order valence-corrected chi connectivity index (χ2v) is 11.7. The first kappa shape index (κ1) is 25.7. The lowest BCUT2D eigenvalue weighted by Crippen LogP contribution is -2.48. The number of rotatable bonds is 8. The molecule has 5 rings (SSSR count). The number of nitrogens with one attached hydrogen (secondary N) is 1. The quantitative estimate of drug-likeness (QED) is 0.419. The van der Waals surface area contributed by atoms with Crippen LogP contribution in [0.3, 0.4) is 0 Å². The number of hydrogen-bond acceptors (Lipinski definition) is 3. The summed E-state index contributed by atoms with van der Waals surface area (Å²) < 4.78 is 0. The third-order valence-electron chi connectivity index (χ3n) is 9.31. The van der Waals surface area contributed by atoms with Gasteiger partial charge in [0.15, 0.2) is 0 Å². The van der Waals surface area contributed by atoms with Crippen molar-refractivity contribution in [2.24, 2.45) is 5.92 Å². The first-order valence-corrected chi connectivity index (χ1v) is 14.8. The molecule has 5 aliphatic rings. The maximum atomic E-state index is 13.1. The summed E-state index contributed by atoms with van der Waals surface area (Å²) in [5.74, 6) is 0.208. The standard InChI is InChI=1S/C32H47N3O/c1-3-20-34-21-19-29-17-18-30(23-34)35(29)31(27-10-8-9-24(4-2)22-27)25-13-15-26(16-14-25)32(36)33-28-11-6-5-7-12-28/h3,9,13-15,22,26,28-31H,1,4-8,10-12,16-21,23H2,2H3,(H,33,36). The van der Waals surface area contributed by atoms with Crippen LogP contribution in [0.25, 0.3) is 0 Å². The predicted octanol–water partition coefficient (Wildman–Crippen LogP) is 6.09. The molecule has 2 aliphatic heterocycles. The molecule has 3 fully saturated rings. The average Bonchev–Trinajstić information content (AvgIpc) is 3.21. The van der Waals surface area contributed by atoms with Gasteiger partial charge < -0.3 is 5.32 Å². The van der Waals surface area contributed by atoms with E-state index in [1.54, 1.807) is 5.57 Å². The van der Waals surface area contributed by atoms with E-state index in [2.05, 4.69) is 65.1 Å². The molecule has 4 nitrogen and oxygen atoms in total. The molecule has 0 spiro atoms. The van der Waals surface area contributed by atoms with Crippen LogP contribution in [0.5, 0.6) is 0 Å². The van der Waals surface area contributed by atoms with Gasteiger partial charge in [-0.25, -0.2) is 0 Å². The average molecular weight is 490 g/mol. The zero-order valence-corrected chi connectivity index (χ0v) is 22.5. The lowest BCUT2D eigenvalue weighted by molar-refractivity contribution is -0.124. The van der Waals surface area contributed by atoms with E-state index < -0.39 is 0 Å². The van der Waals surface area contributed by atoms with Crippen LogP contribution in [0.4, 0.5) is 0 Å². The first-order valence-electron chi connectivity index (χ1n) is 14.8. The highest BCUT2D eigenvalue weighted by atomic mass is 16.1. The van der Waals surface area contributed by atoms with E-state index in [1.165, 1.54) is 56.2 Å². The molecule has 1 saturated carbocycles. The van der Waals surface area contributed by atoms with Gasteiger partial charge in [-0.05, 0) is 68.9 Å². The molecule has 0 aromatic heterocycles. The van der Waals surface area contributed by atoms with Crippen LogP contribution in [0.15, 0.2) is 59.8 Å². The smallest absolute Gasteiger partial charge is 0.227 e. The molecule has 2 heterocycles. The number of allylic oxidation sites excluding steroid dienone is 4. The fourth-order valence-corrected chi connectivity index (χ4v) is 7.37. The van der Waals surface area contributed by atoms with Crippen molar-refractivity contribution in [3.8, 4) is 0 Å².